The van der Waals surface area contributed by atoms with Crippen LogP contribution in [-0.2, 0) is 14.8 Å². The van der Waals surface area contributed by atoms with Crippen molar-refractivity contribution >= 4 is 33.2 Å². The van der Waals surface area contributed by atoms with Gasteiger partial charge in [0.15, 0.2) is 0 Å². The molecule has 2 aromatic carbocycles. The number of carbonyl (C=O) groups is 1. The summed E-state index contributed by atoms with van der Waals surface area (Å²) in [6, 6.07) is 14.4. The van der Waals surface area contributed by atoms with Gasteiger partial charge in [-0.3, -0.25) is 9.10 Å². The van der Waals surface area contributed by atoms with Gasteiger partial charge in [-0.1, -0.05) is 43.6 Å². The first-order valence-corrected chi connectivity index (χ1v) is 10.2. The maximum atomic E-state index is 13.1. The van der Waals surface area contributed by atoms with Gasteiger partial charge >= 0.3 is 0 Å². The van der Waals surface area contributed by atoms with Gasteiger partial charge < -0.3 is 5.32 Å². The summed E-state index contributed by atoms with van der Waals surface area (Å²) in [7, 11) is -3.91. The van der Waals surface area contributed by atoms with Gasteiger partial charge in [-0.05, 0) is 49.2 Å². The first kappa shape index (κ1) is 20.3. The monoisotopic (exact) mass is 394 g/mol. The second kappa shape index (κ2) is 8.56. The first-order valence-electron chi connectivity index (χ1n) is 8.34. The van der Waals surface area contributed by atoms with Crippen molar-refractivity contribution in [1.29, 1.82) is 0 Å². The van der Waals surface area contributed by atoms with Crippen molar-refractivity contribution in [3.05, 3.63) is 59.6 Å². The Balaban J connectivity index is 2.36. The Morgan fingerprint density at radius 1 is 1.04 bits per heavy atom. The van der Waals surface area contributed by atoms with E-state index in [0.29, 0.717) is 10.7 Å². The second-order valence-corrected chi connectivity index (χ2v) is 8.70. The molecular weight excluding hydrogens is 372 g/mol. The van der Waals surface area contributed by atoms with E-state index in [-0.39, 0.29) is 29.3 Å². The molecule has 0 saturated heterocycles. The molecule has 0 bridgehead atoms. The summed E-state index contributed by atoms with van der Waals surface area (Å²) in [5.74, 6) is -0.107. The summed E-state index contributed by atoms with van der Waals surface area (Å²) in [6.45, 7) is 5.57. The number of hydrogen-bond donors (Lipinski definition) is 1. The average Bonchev–Trinajstić information content (AvgIpc) is 2.60. The number of anilines is 1. The Kier molecular flexibility index (Phi) is 6.67. The third-order valence-electron chi connectivity index (χ3n) is 4.12. The molecule has 140 valence electrons. The van der Waals surface area contributed by atoms with Crippen molar-refractivity contribution in [3.63, 3.8) is 0 Å². The van der Waals surface area contributed by atoms with Crippen LogP contribution in [0.15, 0.2) is 59.5 Å². The van der Waals surface area contributed by atoms with E-state index in [1.807, 2.05) is 20.8 Å². The van der Waals surface area contributed by atoms with Gasteiger partial charge in [-0.15, -0.1) is 0 Å². The summed E-state index contributed by atoms with van der Waals surface area (Å²) < 4.78 is 27.3. The third-order valence-corrected chi connectivity index (χ3v) is 6.16. The summed E-state index contributed by atoms with van der Waals surface area (Å²) >= 11 is 5.86. The molecule has 0 spiro atoms. The highest BCUT2D eigenvalue weighted by Crippen LogP contribution is 2.24. The van der Waals surface area contributed by atoms with Crippen molar-refractivity contribution in [1.82, 2.24) is 5.32 Å². The quantitative estimate of drug-likeness (QED) is 0.778. The van der Waals surface area contributed by atoms with E-state index >= 15 is 0 Å². The number of halogens is 1. The molecule has 0 fully saturated rings. The van der Waals surface area contributed by atoms with E-state index in [9.17, 15) is 13.2 Å². The van der Waals surface area contributed by atoms with E-state index in [1.165, 1.54) is 24.3 Å². The number of sulfonamides is 1. The van der Waals surface area contributed by atoms with E-state index in [1.54, 1.807) is 30.3 Å². The Labute approximate surface area is 160 Å². The van der Waals surface area contributed by atoms with Crippen LogP contribution in [0.5, 0.6) is 0 Å². The molecule has 1 atom stereocenters. The molecule has 0 radical (unpaired) electrons. The zero-order valence-corrected chi connectivity index (χ0v) is 16.6. The maximum absolute atomic E-state index is 13.1. The Bertz CT molecular complexity index is 837. The second-order valence-electron chi connectivity index (χ2n) is 6.40. The van der Waals surface area contributed by atoms with Gasteiger partial charge in [-0.25, -0.2) is 8.42 Å². The van der Waals surface area contributed by atoms with Gasteiger partial charge in [0.05, 0.1) is 10.6 Å². The molecule has 1 N–H and O–H groups in total. The fourth-order valence-electron chi connectivity index (χ4n) is 2.24. The molecule has 2 rings (SSSR count). The van der Waals surface area contributed by atoms with Crippen LogP contribution in [0.4, 0.5) is 5.69 Å². The lowest BCUT2D eigenvalue weighted by Gasteiger charge is -2.25. The minimum absolute atomic E-state index is 0.0571. The predicted molar refractivity (Wildman–Crippen MR) is 105 cm³/mol. The van der Waals surface area contributed by atoms with Gasteiger partial charge in [0.25, 0.3) is 10.0 Å². The largest absolute Gasteiger partial charge is 0.352 e. The van der Waals surface area contributed by atoms with Gasteiger partial charge in [0.1, 0.15) is 6.54 Å². The lowest BCUT2D eigenvalue weighted by Crippen LogP contribution is -2.44. The highest BCUT2D eigenvalue weighted by Gasteiger charge is 2.27. The number of amides is 1. The number of nitrogens with zero attached hydrogens (tertiary/aromatic N) is 1. The van der Waals surface area contributed by atoms with Crippen molar-refractivity contribution in [2.45, 2.75) is 31.7 Å². The molecule has 1 amide bonds. The molecule has 0 aromatic heterocycles. The molecule has 0 aliphatic rings. The third kappa shape index (κ3) is 4.99. The zero-order valence-electron chi connectivity index (χ0n) is 15.0. The molecule has 26 heavy (non-hydrogen) atoms. The van der Waals surface area contributed by atoms with Gasteiger partial charge in [0, 0.05) is 11.1 Å². The summed E-state index contributed by atoms with van der Waals surface area (Å²) in [6.07, 6.45) is 0. The van der Waals surface area contributed by atoms with E-state index in [2.05, 4.69) is 5.32 Å². The van der Waals surface area contributed by atoms with Crippen LogP contribution in [0, 0.1) is 5.92 Å². The maximum Gasteiger partial charge on any atom is 0.264 e. The van der Waals surface area contributed by atoms with Crippen LogP contribution in [0.3, 0.4) is 0 Å². The van der Waals surface area contributed by atoms with Gasteiger partial charge in [0.2, 0.25) is 5.91 Å². The molecule has 2 aromatic rings. The normalized spacial score (nSPS) is 12.7. The smallest absolute Gasteiger partial charge is 0.264 e. The summed E-state index contributed by atoms with van der Waals surface area (Å²) in [4.78, 5) is 12.5. The molecule has 5 nitrogen and oxygen atoms in total. The van der Waals surface area contributed by atoms with Crippen molar-refractivity contribution in [2.75, 3.05) is 10.8 Å². The molecule has 0 aliphatic heterocycles. The van der Waals surface area contributed by atoms with E-state index in [4.69, 9.17) is 11.6 Å². The molecule has 0 heterocycles. The average molecular weight is 395 g/mol. The Morgan fingerprint density at radius 2 is 1.62 bits per heavy atom. The highest BCUT2D eigenvalue weighted by atomic mass is 35.5. The number of rotatable bonds is 7. The molecular formula is C19H23ClN2O3S. The fraction of sp³-hybridized carbons (Fsp3) is 0.316. The minimum Gasteiger partial charge on any atom is -0.352 e. The van der Waals surface area contributed by atoms with Crippen LogP contribution < -0.4 is 9.62 Å². The number of nitrogens with one attached hydrogen (secondary N) is 1. The SMILES string of the molecule is CC(C)[C@H](C)NC(=O)CN(c1ccccc1)S(=O)(=O)c1ccc(Cl)cc1. The topological polar surface area (TPSA) is 66.5 Å². The lowest BCUT2D eigenvalue weighted by atomic mass is 10.1. The Morgan fingerprint density at radius 3 is 2.15 bits per heavy atom. The predicted octanol–water partition coefficient (Wildman–Crippen LogP) is 3.70. The van der Waals surface area contributed by atoms with Crippen LogP contribution in [0.2, 0.25) is 5.02 Å². The molecule has 0 saturated carbocycles. The number of carbonyl (C=O) groups excluding carboxylic acids is 1. The molecule has 0 aliphatic carbocycles. The number of para-hydroxylation sites is 1. The van der Waals surface area contributed by atoms with Crippen molar-refractivity contribution < 1.29 is 13.2 Å². The van der Waals surface area contributed by atoms with Crippen LogP contribution in [0.25, 0.3) is 0 Å². The van der Waals surface area contributed by atoms with Gasteiger partial charge in [-0.2, -0.15) is 0 Å². The fourth-order valence-corrected chi connectivity index (χ4v) is 3.79. The number of hydrogen-bond acceptors (Lipinski definition) is 3. The van der Waals surface area contributed by atoms with E-state index < -0.39 is 10.0 Å². The Hall–Kier alpha value is -2.05. The van der Waals surface area contributed by atoms with Crippen LogP contribution in [-0.4, -0.2) is 26.9 Å². The van der Waals surface area contributed by atoms with Crippen molar-refractivity contribution in [2.24, 2.45) is 5.92 Å². The first-order chi connectivity index (χ1) is 12.2. The zero-order chi connectivity index (χ0) is 19.3. The summed E-state index contributed by atoms with van der Waals surface area (Å²) in [5.41, 5.74) is 0.426. The molecule has 7 heteroatoms. The minimum atomic E-state index is -3.91. The number of benzene rings is 2. The molecule has 0 unspecified atom stereocenters. The van der Waals surface area contributed by atoms with Crippen LogP contribution >= 0.6 is 11.6 Å². The highest BCUT2D eigenvalue weighted by molar-refractivity contribution is 7.92. The van der Waals surface area contributed by atoms with Crippen molar-refractivity contribution in [3.8, 4) is 0 Å². The standard InChI is InChI=1S/C19H23ClN2O3S/c1-14(2)15(3)21-19(23)13-22(17-7-5-4-6-8-17)26(24,25)18-11-9-16(20)10-12-18/h4-12,14-15H,13H2,1-3H3,(H,21,23)/t15-/m0/s1. The van der Waals surface area contributed by atoms with Crippen LogP contribution in [0.1, 0.15) is 20.8 Å². The lowest BCUT2D eigenvalue weighted by molar-refractivity contribution is -0.120. The van der Waals surface area contributed by atoms with E-state index in [0.717, 1.165) is 4.31 Å². The summed E-state index contributed by atoms with van der Waals surface area (Å²) in [5, 5.41) is 3.29.